The van der Waals surface area contributed by atoms with Crippen molar-refractivity contribution in [3.8, 4) is 0 Å². The molecule has 10 heteroatoms. The second-order valence-corrected chi connectivity index (χ2v) is 8.53. The van der Waals surface area contributed by atoms with Gasteiger partial charge in [-0.2, -0.15) is 4.68 Å². The summed E-state index contributed by atoms with van der Waals surface area (Å²) in [4.78, 5) is 27.2. The number of thiophene rings is 1. The van der Waals surface area contributed by atoms with Crippen LogP contribution in [0.15, 0.2) is 4.79 Å². The molecular formula is C16H20N6O2S2. The number of rotatable bonds is 5. The number of amides is 1. The minimum atomic E-state index is -0.759. The molecule has 1 unspecified atom stereocenters. The molecule has 3 heterocycles. The predicted molar refractivity (Wildman–Crippen MR) is 103 cm³/mol. The second-order valence-electron chi connectivity index (χ2n) is 6.32. The molecule has 0 saturated carbocycles. The maximum absolute atomic E-state index is 12.9. The third-order valence-electron chi connectivity index (χ3n) is 4.17. The Balaban J connectivity index is 1.94. The molecule has 1 N–H and O–H groups in total. The molecule has 1 amide bonds. The SMILES string of the molecule is CCC(C(=O)Nc1nnc(C(C)C)s1)n1nnc2sc(C)c(C)c2c1=O. The molecule has 8 nitrogen and oxygen atoms in total. The summed E-state index contributed by atoms with van der Waals surface area (Å²) in [5.74, 6) is -0.111. The van der Waals surface area contributed by atoms with Crippen LogP contribution in [0, 0.1) is 13.8 Å². The fraction of sp³-hybridized carbons (Fsp3) is 0.500. The summed E-state index contributed by atoms with van der Waals surface area (Å²) in [7, 11) is 0. The summed E-state index contributed by atoms with van der Waals surface area (Å²) in [6, 6.07) is -0.759. The van der Waals surface area contributed by atoms with E-state index in [-0.39, 0.29) is 17.4 Å². The van der Waals surface area contributed by atoms with Crippen LogP contribution in [0.3, 0.4) is 0 Å². The van der Waals surface area contributed by atoms with E-state index in [2.05, 4.69) is 25.8 Å². The van der Waals surface area contributed by atoms with Crippen molar-refractivity contribution < 1.29 is 4.79 Å². The van der Waals surface area contributed by atoms with Crippen LogP contribution in [-0.4, -0.2) is 31.1 Å². The third-order valence-corrected chi connectivity index (χ3v) is 6.40. The molecule has 3 aromatic heterocycles. The Bertz CT molecular complexity index is 1020. The molecule has 1 atom stereocenters. The summed E-state index contributed by atoms with van der Waals surface area (Å²) in [5.41, 5.74) is 0.596. The zero-order valence-electron chi connectivity index (χ0n) is 15.2. The van der Waals surface area contributed by atoms with E-state index < -0.39 is 6.04 Å². The van der Waals surface area contributed by atoms with Crippen molar-refractivity contribution in [2.75, 3.05) is 5.32 Å². The third kappa shape index (κ3) is 3.26. The Morgan fingerprint density at radius 3 is 2.54 bits per heavy atom. The van der Waals surface area contributed by atoms with E-state index in [0.717, 1.165) is 15.4 Å². The minimum absolute atomic E-state index is 0.237. The highest BCUT2D eigenvalue weighted by atomic mass is 32.1. The van der Waals surface area contributed by atoms with Gasteiger partial charge in [0.15, 0.2) is 4.83 Å². The highest BCUT2D eigenvalue weighted by Crippen LogP contribution is 2.26. The van der Waals surface area contributed by atoms with Gasteiger partial charge in [0.25, 0.3) is 11.5 Å². The van der Waals surface area contributed by atoms with Gasteiger partial charge < -0.3 is 0 Å². The van der Waals surface area contributed by atoms with Crippen LogP contribution in [0.4, 0.5) is 5.13 Å². The van der Waals surface area contributed by atoms with Gasteiger partial charge in [0.2, 0.25) is 5.13 Å². The molecule has 0 saturated heterocycles. The van der Waals surface area contributed by atoms with Crippen LogP contribution in [0.5, 0.6) is 0 Å². The molecule has 0 aliphatic heterocycles. The molecule has 138 valence electrons. The molecule has 0 radical (unpaired) electrons. The van der Waals surface area contributed by atoms with Gasteiger partial charge in [-0.15, -0.1) is 26.6 Å². The lowest BCUT2D eigenvalue weighted by Crippen LogP contribution is -2.35. The Hall–Kier alpha value is -2.20. The summed E-state index contributed by atoms with van der Waals surface area (Å²) >= 11 is 2.76. The number of hydrogen-bond acceptors (Lipinski definition) is 8. The van der Waals surface area contributed by atoms with Gasteiger partial charge in [0, 0.05) is 10.8 Å². The Morgan fingerprint density at radius 2 is 1.92 bits per heavy atom. The van der Waals surface area contributed by atoms with Crippen molar-refractivity contribution in [1.82, 2.24) is 25.2 Å². The number of anilines is 1. The molecular weight excluding hydrogens is 372 g/mol. The van der Waals surface area contributed by atoms with Crippen LogP contribution in [0.1, 0.15) is 54.6 Å². The van der Waals surface area contributed by atoms with Gasteiger partial charge in [-0.25, -0.2) is 0 Å². The summed E-state index contributed by atoms with van der Waals surface area (Å²) in [6.07, 6.45) is 0.407. The van der Waals surface area contributed by atoms with E-state index in [1.54, 1.807) is 0 Å². The topological polar surface area (TPSA) is 103 Å². The van der Waals surface area contributed by atoms with Crippen molar-refractivity contribution in [3.05, 3.63) is 25.8 Å². The first-order chi connectivity index (χ1) is 12.3. The van der Waals surface area contributed by atoms with Gasteiger partial charge in [-0.1, -0.05) is 37.3 Å². The summed E-state index contributed by atoms with van der Waals surface area (Å²) < 4.78 is 1.17. The predicted octanol–water partition coefficient (Wildman–Crippen LogP) is 3.03. The van der Waals surface area contributed by atoms with Gasteiger partial charge in [-0.05, 0) is 25.8 Å². The highest BCUT2D eigenvalue weighted by molar-refractivity contribution is 7.18. The minimum Gasteiger partial charge on any atom is -0.299 e. The Morgan fingerprint density at radius 1 is 1.19 bits per heavy atom. The van der Waals surface area contributed by atoms with Crippen molar-refractivity contribution in [3.63, 3.8) is 0 Å². The van der Waals surface area contributed by atoms with Crippen LogP contribution < -0.4 is 10.9 Å². The van der Waals surface area contributed by atoms with Gasteiger partial charge in [0.05, 0.1) is 5.39 Å². The second kappa shape index (κ2) is 7.20. The summed E-state index contributed by atoms with van der Waals surface area (Å²) in [5, 5.41) is 20.7. The maximum atomic E-state index is 12.9. The lowest BCUT2D eigenvalue weighted by molar-refractivity contribution is -0.119. The normalized spacial score (nSPS) is 12.7. The molecule has 3 rings (SSSR count). The molecule has 0 bridgehead atoms. The summed E-state index contributed by atoms with van der Waals surface area (Å²) in [6.45, 7) is 9.68. The number of nitrogens with zero attached hydrogens (tertiary/aromatic N) is 5. The first-order valence-corrected chi connectivity index (χ1v) is 9.96. The van der Waals surface area contributed by atoms with Crippen molar-refractivity contribution >= 4 is 43.9 Å². The largest absolute Gasteiger partial charge is 0.299 e. The Labute approximate surface area is 158 Å². The fourth-order valence-corrected chi connectivity index (χ4v) is 4.27. The molecule has 3 aromatic rings. The van der Waals surface area contributed by atoms with Gasteiger partial charge in [0.1, 0.15) is 11.0 Å². The fourth-order valence-electron chi connectivity index (χ4n) is 2.56. The van der Waals surface area contributed by atoms with E-state index in [9.17, 15) is 9.59 Å². The maximum Gasteiger partial charge on any atom is 0.279 e. The number of fused-ring (bicyclic) bond motifs is 1. The molecule has 26 heavy (non-hydrogen) atoms. The van der Waals surface area contributed by atoms with Crippen molar-refractivity contribution in [2.24, 2.45) is 0 Å². The van der Waals surface area contributed by atoms with Gasteiger partial charge >= 0.3 is 0 Å². The van der Waals surface area contributed by atoms with Crippen LogP contribution in [0.2, 0.25) is 0 Å². The molecule has 0 aliphatic carbocycles. The van der Waals surface area contributed by atoms with Gasteiger partial charge in [-0.3, -0.25) is 14.9 Å². The first-order valence-electron chi connectivity index (χ1n) is 8.32. The van der Waals surface area contributed by atoms with Crippen LogP contribution in [0.25, 0.3) is 10.2 Å². The average molecular weight is 393 g/mol. The van der Waals surface area contributed by atoms with E-state index in [1.807, 2.05) is 34.6 Å². The van der Waals surface area contributed by atoms with E-state index in [0.29, 0.717) is 21.8 Å². The van der Waals surface area contributed by atoms with E-state index >= 15 is 0 Å². The van der Waals surface area contributed by atoms with E-state index in [1.165, 1.54) is 27.4 Å². The number of nitrogens with one attached hydrogen (secondary N) is 1. The lowest BCUT2D eigenvalue weighted by Gasteiger charge is -2.14. The zero-order valence-corrected chi connectivity index (χ0v) is 16.9. The molecule has 0 aliphatic rings. The number of aryl methyl sites for hydroxylation is 2. The van der Waals surface area contributed by atoms with E-state index in [4.69, 9.17) is 0 Å². The number of aromatic nitrogens is 5. The molecule has 0 aromatic carbocycles. The highest BCUT2D eigenvalue weighted by Gasteiger charge is 2.25. The van der Waals surface area contributed by atoms with Crippen molar-refractivity contribution in [2.45, 2.75) is 53.0 Å². The first kappa shape index (κ1) is 18.6. The standard InChI is InChI=1S/C16H20N6O2S2/c1-6-10(12(23)17-16-20-18-13(26-16)7(2)3)22-15(24)11-8(4)9(5)25-14(11)19-21-22/h7,10H,6H2,1-5H3,(H,17,20,23). The monoisotopic (exact) mass is 392 g/mol. The van der Waals surface area contributed by atoms with Crippen molar-refractivity contribution in [1.29, 1.82) is 0 Å². The zero-order chi connectivity index (χ0) is 19.0. The van der Waals surface area contributed by atoms with Crippen LogP contribution >= 0.6 is 22.7 Å². The molecule has 0 fully saturated rings. The average Bonchev–Trinajstić information content (AvgIpc) is 3.16. The number of carbonyl (C=O) groups excluding carboxylic acids is 1. The Kier molecular flexibility index (Phi) is 5.15. The molecule has 0 spiro atoms. The van der Waals surface area contributed by atoms with Crippen LogP contribution in [-0.2, 0) is 4.79 Å². The lowest BCUT2D eigenvalue weighted by atomic mass is 10.2. The number of hydrogen-bond donors (Lipinski definition) is 1. The smallest absolute Gasteiger partial charge is 0.279 e. The quantitative estimate of drug-likeness (QED) is 0.716. The number of carbonyl (C=O) groups is 1.